The second-order valence-electron chi connectivity index (χ2n) is 4.82. The molecule has 0 unspecified atom stereocenters. The number of anilines is 1. The van der Waals surface area contributed by atoms with Gasteiger partial charge in [-0.3, -0.25) is 4.90 Å². The minimum Gasteiger partial charge on any atom is -0.395 e. The second kappa shape index (κ2) is 5.54. The number of aliphatic hydroxyl groups is 1. The Morgan fingerprint density at radius 1 is 1.16 bits per heavy atom. The minimum absolute atomic E-state index is 0.233. The van der Waals surface area contributed by atoms with Crippen molar-refractivity contribution >= 4 is 11.3 Å². The quantitative estimate of drug-likeness (QED) is 0.857. The van der Waals surface area contributed by atoms with E-state index < -0.39 is 0 Å². The first-order valence-corrected chi connectivity index (χ1v) is 6.75. The molecule has 1 N–H and O–H groups in total. The highest BCUT2D eigenvalue weighted by Crippen LogP contribution is 2.19. The van der Waals surface area contributed by atoms with E-state index in [4.69, 9.17) is 5.11 Å². The fourth-order valence-electron chi connectivity index (χ4n) is 2.63. The Morgan fingerprint density at radius 2 is 2.11 bits per heavy atom. The number of fused-ring (bicyclic) bond motifs is 1. The van der Waals surface area contributed by atoms with E-state index >= 15 is 0 Å². The number of hydrogen-bond acceptors (Lipinski definition) is 5. The van der Waals surface area contributed by atoms with Crippen LogP contribution in [-0.2, 0) is 0 Å². The Kier molecular flexibility index (Phi) is 3.61. The molecule has 1 aliphatic rings. The van der Waals surface area contributed by atoms with Crippen LogP contribution in [0.3, 0.4) is 0 Å². The van der Waals surface area contributed by atoms with E-state index in [2.05, 4.69) is 19.9 Å². The van der Waals surface area contributed by atoms with E-state index in [9.17, 15) is 0 Å². The molecular formula is C13H19N5O. The molecule has 0 atom stereocenters. The molecule has 0 spiro atoms. The largest absolute Gasteiger partial charge is 0.395 e. The van der Waals surface area contributed by atoms with Crippen LogP contribution in [-0.4, -0.2) is 63.9 Å². The number of β-amino-alcohol motifs (C(OH)–C–C–N with tert-alkyl or cyclic N) is 1. The highest BCUT2D eigenvalue weighted by atomic mass is 16.3. The topological polar surface area (TPSA) is 56.9 Å². The Morgan fingerprint density at radius 3 is 3.00 bits per heavy atom. The first kappa shape index (κ1) is 12.4. The number of aromatic nitrogens is 3. The molecular weight excluding hydrogens is 242 g/mol. The monoisotopic (exact) mass is 261 g/mol. The number of hydrogen-bond donors (Lipinski definition) is 1. The van der Waals surface area contributed by atoms with Crippen LogP contribution in [0.5, 0.6) is 0 Å². The summed E-state index contributed by atoms with van der Waals surface area (Å²) in [6.07, 6.45) is 6.56. The van der Waals surface area contributed by atoms with Crippen molar-refractivity contribution in [3.63, 3.8) is 0 Å². The summed E-state index contributed by atoms with van der Waals surface area (Å²) in [4.78, 5) is 9.13. The first-order chi connectivity index (χ1) is 9.38. The molecule has 0 aromatic carbocycles. The molecule has 1 fully saturated rings. The van der Waals surface area contributed by atoms with E-state index in [0.29, 0.717) is 0 Å². The maximum Gasteiger partial charge on any atom is 0.154 e. The summed E-state index contributed by atoms with van der Waals surface area (Å²) in [5.74, 6) is 1.01. The fourth-order valence-corrected chi connectivity index (χ4v) is 2.63. The number of aliphatic hydroxyl groups excluding tert-OH is 1. The van der Waals surface area contributed by atoms with Gasteiger partial charge in [-0.15, -0.1) is 0 Å². The third kappa shape index (κ3) is 2.54. The lowest BCUT2D eigenvalue weighted by Gasteiger charge is -2.22. The highest BCUT2D eigenvalue weighted by Gasteiger charge is 2.17. The molecule has 1 saturated heterocycles. The van der Waals surface area contributed by atoms with Gasteiger partial charge in [0, 0.05) is 38.6 Å². The van der Waals surface area contributed by atoms with Crippen molar-refractivity contribution < 1.29 is 5.11 Å². The van der Waals surface area contributed by atoms with Gasteiger partial charge in [0.2, 0.25) is 0 Å². The van der Waals surface area contributed by atoms with E-state index in [1.165, 1.54) is 0 Å². The molecule has 2 aromatic rings. The van der Waals surface area contributed by atoms with Gasteiger partial charge in [0.25, 0.3) is 0 Å². The summed E-state index contributed by atoms with van der Waals surface area (Å²) in [5.41, 5.74) is 1.05. The first-order valence-electron chi connectivity index (χ1n) is 6.75. The zero-order valence-corrected chi connectivity index (χ0v) is 10.9. The molecule has 3 heterocycles. The molecule has 0 radical (unpaired) electrons. The minimum atomic E-state index is 0.233. The van der Waals surface area contributed by atoms with Gasteiger partial charge in [-0.25, -0.2) is 9.50 Å². The lowest BCUT2D eigenvalue weighted by atomic mass is 10.3. The van der Waals surface area contributed by atoms with Gasteiger partial charge < -0.3 is 10.0 Å². The molecule has 0 aliphatic carbocycles. The molecule has 6 heteroatoms. The van der Waals surface area contributed by atoms with Crippen LogP contribution < -0.4 is 4.90 Å². The van der Waals surface area contributed by atoms with Gasteiger partial charge in [-0.2, -0.15) is 5.10 Å². The molecule has 1 aliphatic heterocycles. The maximum atomic E-state index is 9.03. The van der Waals surface area contributed by atoms with Crippen LogP contribution in [0.2, 0.25) is 0 Å². The summed E-state index contributed by atoms with van der Waals surface area (Å²) >= 11 is 0. The lowest BCUT2D eigenvalue weighted by Crippen LogP contribution is -2.32. The summed E-state index contributed by atoms with van der Waals surface area (Å²) in [6, 6.07) is 2.00. The molecule has 102 valence electrons. The van der Waals surface area contributed by atoms with Crippen molar-refractivity contribution in [3.05, 3.63) is 24.7 Å². The molecule has 19 heavy (non-hydrogen) atoms. The van der Waals surface area contributed by atoms with Gasteiger partial charge in [-0.1, -0.05) is 0 Å². The summed E-state index contributed by atoms with van der Waals surface area (Å²) in [5, 5.41) is 13.3. The van der Waals surface area contributed by atoms with E-state index in [-0.39, 0.29) is 6.61 Å². The molecule has 0 bridgehead atoms. The second-order valence-corrected chi connectivity index (χ2v) is 4.82. The molecule has 2 aromatic heterocycles. The predicted molar refractivity (Wildman–Crippen MR) is 73.3 cm³/mol. The van der Waals surface area contributed by atoms with Gasteiger partial charge in [0.05, 0.1) is 12.8 Å². The summed E-state index contributed by atoms with van der Waals surface area (Å²) in [7, 11) is 0. The van der Waals surface area contributed by atoms with Crippen molar-refractivity contribution in [2.45, 2.75) is 6.42 Å². The van der Waals surface area contributed by atoms with E-state index in [1.807, 2.05) is 16.8 Å². The van der Waals surface area contributed by atoms with Crippen molar-refractivity contribution in [3.8, 4) is 0 Å². The number of nitrogens with zero attached hydrogens (tertiary/aromatic N) is 5. The molecule has 0 amide bonds. The fraction of sp³-hybridized carbons (Fsp3) is 0.538. The Labute approximate surface area is 112 Å². The average molecular weight is 261 g/mol. The van der Waals surface area contributed by atoms with Crippen molar-refractivity contribution in [1.82, 2.24) is 19.5 Å². The van der Waals surface area contributed by atoms with Gasteiger partial charge >= 0.3 is 0 Å². The third-order valence-electron chi connectivity index (χ3n) is 3.61. The normalized spacial score (nSPS) is 17.8. The van der Waals surface area contributed by atoms with Crippen LogP contribution in [0, 0.1) is 0 Å². The van der Waals surface area contributed by atoms with Crippen LogP contribution in [0.1, 0.15) is 6.42 Å². The Hall–Kier alpha value is -1.66. The smallest absolute Gasteiger partial charge is 0.154 e. The number of rotatable bonds is 3. The molecule has 0 saturated carbocycles. The van der Waals surface area contributed by atoms with Crippen LogP contribution in [0.25, 0.3) is 5.52 Å². The molecule has 3 rings (SSSR count). The zero-order valence-electron chi connectivity index (χ0n) is 10.9. The predicted octanol–water partition coefficient (Wildman–Crippen LogP) is 0.234. The van der Waals surface area contributed by atoms with Gasteiger partial charge in [0.15, 0.2) is 5.82 Å². The van der Waals surface area contributed by atoms with Crippen LogP contribution in [0.4, 0.5) is 5.82 Å². The lowest BCUT2D eigenvalue weighted by molar-refractivity contribution is 0.204. The van der Waals surface area contributed by atoms with E-state index in [0.717, 1.165) is 50.5 Å². The van der Waals surface area contributed by atoms with Crippen molar-refractivity contribution in [2.75, 3.05) is 44.2 Å². The van der Waals surface area contributed by atoms with Gasteiger partial charge in [-0.05, 0) is 19.0 Å². The van der Waals surface area contributed by atoms with Gasteiger partial charge in [0.1, 0.15) is 5.52 Å². The third-order valence-corrected chi connectivity index (χ3v) is 3.61. The SMILES string of the molecule is OCCN1CCCN(c2nccn3nccc23)CC1. The standard InChI is InChI=1S/C13H19N5O/c19-11-10-16-5-1-6-17(9-8-16)13-12-2-3-15-18(12)7-4-14-13/h2-4,7,19H,1,5-6,8-11H2. The Balaban J connectivity index is 1.80. The van der Waals surface area contributed by atoms with E-state index in [1.54, 1.807) is 12.4 Å². The summed E-state index contributed by atoms with van der Waals surface area (Å²) < 4.78 is 1.86. The maximum absolute atomic E-state index is 9.03. The van der Waals surface area contributed by atoms with Crippen molar-refractivity contribution in [2.24, 2.45) is 0 Å². The van der Waals surface area contributed by atoms with Crippen LogP contribution in [0.15, 0.2) is 24.7 Å². The highest BCUT2D eigenvalue weighted by molar-refractivity contribution is 5.68. The van der Waals surface area contributed by atoms with Crippen LogP contribution >= 0.6 is 0 Å². The summed E-state index contributed by atoms with van der Waals surface area (Å²) in [6.45, 7) is 4.95. The Bertz CT molecular complexity index is 541. The molecule has 6 nitrogen and oxygen atoms in total. The zero-order chi connectivity index (χ0) is 13.1. The van der Waals surface area contributed by atoms with Crippen molar-refractivity contribution in [1.29, 1.82) is 0 Å². The average Bonchev–Trinajstić information content (AvgIpc) is 2.79.